The Morgan fingerprint density at radius 3 is 2.20 bits per heavy atom. The lowest BCUT2D eigenvalue weighted by Crippen LogP contribution is -2.36. The van der Waals surface area contributed by atoms with Crippen LogP contribution in [-0.2, 0) is 11.2 Å². The molecule has 0 aliphatic heterocycles. The molecule has 0 radical (unpaired) electrons. The molecule has 0 aromatic heterocycles. The van der Waals surface area contributed by atoms with Crippen LogP contribution in [0.1, 0.15) is 44.4 Å². The lowest BCUT2D eigenvalue weighted by molar-refractivity contribution is -0.122. The van der Waals surface area contributed by atoms with Gasteiger partial charge in [-0.1, -0.05) is 45.0 Å². The van der Waals surface area contributed by atoms with E-state index < -0.39 is 0 Å². The molecule has 2 aromatic rings. The van der Waals surface area contributed by atoms with Crippen molar-refractivity contribution >= 4 is 5.91 Å². The topological polar surface area (TPSA) is 38.3 Å². The van der Waals surface area contributed by atoms with Gasteiger partial charge in [0.05, 0.1) is 13.2 Å². The van der Waals surface area contributed by atoms with Crippen LogP contribution in [0.3, 0.4) is 0 Å². The van der Waals surface area contributed by atoms with Crippen molar-refractivity contribution in [2.24, 2.45) is 5.41 Å². The molecule has 0 spiro atoms. The van der Waals surface area contributed by atoms with E-state index in [-0.39, 0.29) is 23.2 Å². The maximum absolute atomic E-state index is 13.2. The highest BCUT2D eigenvalue weighted by Gasteiger charge is 2.27. The van der Waals surface area contributed by atoms with Crippen molar-refractivity contribution in [1.29, 1.82) is 0 Å². The third-order valence-electron chi connectivity index (χ3n) is 4.17. The van der Waals surface area contributed by atoms with Crippen LogP contribution in [0.5, 0.6) is 5.75 Å². The van der Waals surface area contributed by atoms with Crippen molar-refractivity contribution in [2.75, 3.05) is 7.11 Å². The fourth-order valence-corrected chi connectivity index (χ4v) is 2.74. The van der Waals surface area contributed by atoms with Crippen molar-refractivity contribution in [3.63, 3.8) is 0 Å². The molecule has 4 heteroatoms. The molecule has 0 aliphatic rings. The van der Waals surface area contributed by atoms with Crippen LogP contribution in [0.25, 0.3) is 0 Å². The Morgan fingerprint density at radius 1 is 1.08 bits per heavy atom. The van der Waals surface area contributed by atoms with Crippen molar-refractivity contribution in [3.8, 4) is 5.75 Å². The summed E-state index contributed by atoms with van der Waals surface area (Å²) in [4.78, 5) is 12.4. The summed E-state index contributed by atoms with van der Waals surface area (Å²) < 4.78 is 18.3. The molecular weight excluding hydrogens is 317 g/mol. The fraction of sp³-hybridized carbons (Fsp3) is 0.381. The molecule has 2 rings (SSSR count). The number of rotatable bonds is 6. The van der Waals surface area contributed by atoms with E-state index in [2.05, 4.69) is 26.1 Å². The molecule has 0 aliphatic carbocycles. The average Bonchev–Trinajstić information content (AvgIpc) is 2.58. The Hall–Kier alpha value is -2.36. The molecule has 1 atom stereocenters. The minimum Gasteiger partial charge on any atom is -0.497 e. The number of methoxy groups -OCH3 is 1. The molecule has 1 N–H and O–H groups in total. The molecule has 0 heterocycles. The first-order chi connectivity index (χ1) is 11.8. The summed E-state index contributed by atoms with van der Waals surface area (Å²) in [7, 11) is 1.63. The quantitative estimate of drug-likeness (QED) is 0.828. The van der Waals surface area contributed by atoms with Crippen LogP contribution in [0, 0.1) is 11.2 Å². The van der Waals surface area contributed by atoms with E-state index in [4.69, 9.17) is 4.74 Å². The van der Waals surface area contributed by atoms with Gasteiger partial charge in [-0.15, -0.1) is 0 Å². The van der Waals surface area contributed by atoms with Crippen LogP contribution < -0.4 is 10.1 Å². The highest BCUT2D eigenvalue weighted by Crippen LogP contribution is 2.32. The fourth-order valence-electron chi connectivity index (χ4n) is 2.74. The second kappa shape index (κ2) is 8.15. The molecule has 3 nitrogen and oxygen atoms in total. The molecule has 1 unspecified atom stereocenters. The number of ether oxygens (including phenoxy) is 1. The third kappa shape index (κ3) is 5.59. The molecule has 0 saturated carbocycles. The van der Waals surface area contributed by atoms with Gasteiger partial charge in [0.2, 0.25) is 5.91 Å². The highest BCUT2D eigenvalue weighted by molar-refractivity contribution is 5.76. The molecule has 1 amide bonds. The molecule has 0 bridgehead atoms. The number of carbonyl (C=O) groups is 1. The Morgan fingerprint density at radius 2 is 1.68 bits per heavy atom. The SMILES string of the molecule is COc1ccc(CCC(=O)NC(c2ccc(F)cc2)C(C)(C)C)cc1. The number of amides is 1. The van der Waals surface area contributed by atoms with Gasteiger partial charge in [0.15, 0.2) is 0 Å². The molecule has 134 valence electrons. The van der Waals surface area contributed by atoms with Gasteiger partial charge in [-0.3, -0.25) is 4.79 Å². The van der Waals surface area contributed by atoms with E-state index in [1.807, 2.05) is 24.3 Å². The zero-order valence-electron chi connectivity index (χ0n) is 15.3. The highest BCUT2D eigenvalue weighted by atomic mass is 19.1. The first-order valence-electron chi connectivity index (χ1n) is 8.47. The lowest BCUT2D eigenvalue weighted by Gasteiger charge is -2.32. The van der Waals surface area contributed by atoms with E-state index in [1.165, 1.54) is 12.1 Å². The van der Waals surface area contributed by atoms with Crippen molar-refractivity contribution in [3.05, 3.63) is 65.5 Å². The maximum Gasteiger partial charge on any atom is 0.220 e. The predicted octanol–water partition coefficient (Wildman–Crippen LogP) is 4.67. The van der Waals surface area contributed by atoms with Gasteiger partial charge in [-0.05, 0) is 47.2 Å². The normalized spacial score (nSPS) is 12.5. The molecular formula is C21H26FNO2. The summed E-state index contributed by atoms with van der Waals surface area (Å²) >= 11 is 0. The summed E-state index contributed by atoms with van der Waals surface area (Å²) in [5, 5.41) is 3.10. The maximum atomic E-state index is 13.2. The first kappa shape index (κ1) is 19.0. The van der Waals surface area contributed by atoms with Crippen LogP contribution in [0.2, 0.25) is 0 Å². The number of halogens is 1. The molecule has 25 heavy (non-hydrogen) atoms. The average molecular weight is 343 g/mol. The van der Waals surface area contributed by atoms with Gasteiger partial charge in [0.25, 0.3) is 0 Å². The second-order valence-corrected chi connectivity index (χ2v) is 7.27. The van der Waals surface area contributed by atoms with Gasteiger partial charge in [0, 0.05) is 6.42 Å². The van der Waals surface area contributed by atoms with Crippen molar-refractivity contribution < 1.29 is 13.9 Å². The van der Waals surface area contributed by atoms with Gasteiger partial charge >= 0.3 is 0 Å². The van der Waals surface area contributed by atoms with E-state index in [9.17, 15) is 9.18 Å². The molecule has 0 fully saturated rings. The van der Waals surface area contributed by atoms with Crippen molar-refractivity contribution in [1.82, 2.24) is 5.32 Å². The Labute approximate surface area is 149 Å². The van der Waals surface area contributed by atoms with Gasteiger partial charge in [-0.2, -0.15) is 0 Å². The Kier molecular flexibility index (Phi) is 6.18. The summed E-state index contributed by atoms with van der Waals surface area (Å²) in [5.41, 5.74) is 1.82. The Balaban J connectivity index is 2.00. The van der Waals surface area contributed by atoms with Gasteiger partial charge in [-0.25, -0.2) is 4.39 Å². The zero-order valence-corrected chi connectivity index (χ0v) is 15.3. The number of hydrogen-bond donors (Lipinski definition) is 1. The Bertz CT molecular complexity index is 687. The summed E-state index contributed by atoms with van der Waals surface area (Å²) in [6.07, 6.45) is 1.07. The van der Waals surface area contributed by atoms with Crippen molar-refractivity contribution in [2.45, 2.75) is 39.7 Å². The zero-order chi connectivity index (χ0) is 18.4. The standard InChI is InChI=1S/C21H26FNO2/c1-21(2,3)20(16-8-10-17(22)11-9-16)23-19(24)14-7-15-5-12-18(25-4)13-6-15/h5-6,8-13,20H,7,14H2,1-4H3,(H,23,24). The second-order valence-electron chi connectivity index (χ2n) is 7.27. The summed E-state index contributed by atoms with van der Waals surface area (Å²) in [6.45, 7) is 6.18. The third-order valence-corrected chi connectivity index (χ3v) is 4.17. The first-order valence-corrected chi connectivity index (χ1v) is 8.47. The number of hydrogen-bond acceptors (Lipinski definition) is 2. The van der Waals surface area contributed by atoms with Gasteiger partial charge in [0.1, 0.15) is 11.6 Å². The molecule has 2 aromatic carbocycles. The predicted molar refractivity (Wildman–Crippen MR) is 98.1 cm³/mol. The van der Waals surface area contributed by atoms with E-state index in [1.54, 1.807) is 19.2 Å². The minimum absolute atomic E-state index is 0.0138. The van der Waals surface area contributed by atoms with Crippen LogP contribution in [0.4, 0.5) is 4.39 Å². The summed E-state index contributed by atoms with van der Waals surface area (Å²) in [5.74, 6) is 0.514. The number of carbonyl (C=O) groups excluding carboxylic acids is 1. The van der Waals surface area contributed by atoms with Crippen LogP contribution >= 0.6 is 0 Å². The number of aryl methyl sites for hydroxylation is 1. The number of nitrogens with one attached hydrogen (secondary N) is 1. The van der Waals surface area contributed by atoms with E-state index in [0.29, 0.717) is 12.8 Å². The lowest BCUT2D eigenvalue weighted by atomic mass is 9.82. The van der Waals surface area contributed by atoms with Crippen LogP contribution in [0.15, 0.2) is 48.5 Å². The molecule has 0 saturated heterocycles. The van der Waals surface area contributed by atoms with Crippen LogP contribution in [-0.4, -0.2) is 13.0 Å². The minimum atomic E-state index is -0.276. The van der Waals surface area contributed by atoms with E-state index in [0.717, 1.165) is 16.9 Å². The largest absolute Gasteiger partial charge is 0.497 e. The van der Waals surface area contributed by atoms with E-state index >= 15 is 0 Å². The smallest absolute Gasteiger partial charge is 0.220 e. The van der Waals surface area contributed by atoms with Gasteiger partial charge < -0.3 is 10.1 Å². The number of benzene rings is 2. The monoisotopic (exact) mass is 343 g/mol. The summed E-state index contributed by atoms with van der Waals surface area (Å²) in [6, 6.07) is 13.9.